The fraction of sp³-hybridized carbons (Fsp3) is 0.200. The number of hydrogen-bond donors (Lipinski definition) is 1. The highest BCUT2D eigenvalue weighted by atomic mass is 35.5. The lowest BCUT2D eigenvalue weighted by molar-refractivity contribution is 0.0517. The van der Waals surface area contributed by atoms with Gasteiger partial charge in [0, 0.05) is 0 Å². The molecule has 0 amide bonds. The second kappa shape index (κ2) is 4.69. The van der Waals surface area contributed by atoms with Crippen molar-refractivity contribution in [1.82, 2.24) is 15.2 Å². The number of carbonyl (C=O) groups is 1. The van der Waals surface area contributed by atoms with E-state index in [9.17, 15) is 14.0 Å². The number of carbonyl (C=O) groups excluding carboxylic acids is 1. The molecule has 0 aliphatic rings. The van der Waals surface area contributed by atoms with E-state index in [1.54, 1.807) is 6.92 Å². The molecule has 2 heterocycles. The van der Waals surface area contributed by atoms with Crippen LogP contribution < -0.4 is 5.43 Å². The molecule has 0 bridgehead atoms. The van der Waals surface area contributed by atoms with Crippen molar-refractivity contribution in [2.24, 2.45) is 0 Å². The van der Waals surface area contributed by atoms with E-state index in [-0.39, 0.29) is 22.8 Å². The molecular formula is C10H7ClFN3O3. The van der Waals surface area contributed by atoms with Crippen LogP contribution in [0.25, 0.3) is 11.0 Å². The molecule has 0 saturated carbocycles. The smallest absolute Gasteiger partial charge is 0.362 e. The highest BCUT2D eigenvalue weighted by Crippen LogP contribution is 2.15. The quantitative estimate of drug-likeness (QED) is 0.657. The normalized spacial score (nSPS) is 10.6. The Morgan fingerprint density at radius 1 is 1.61 bits per heavy atom. The molecule has 0 unspecified atom stereocenters. The zero-order valence-electron chi connectivity index (χ0n) is 9.16. The van der Waals surface area contributed by atoms with E-state index >= 15 is 0 Å². The molecule has 2 aromatic rings. The van der Waals surface area contributed by atoms with Crippen molar-refractivity contribution in [2.45, 2.75) is 6.92 Å². The molecule has 2 aromatic heterocycles. The van der Waals surface area contributed by atoms with Crippen molar-refractivity contribution in [2.75, 3.05) is 6.61 Å². The van der Waals surface area contributed by atoms with Gasteiger partial charge in [-0.25, -0.2) is 14.2 Å². The van der Waals surface area contributed by atoms with Crippen LogP contribution in [0.5, 0.6) is 0 Å². The van der Waals surface area contributed by atoms with Gasteiger partial charge >= 0.3 is 5.97 Å². The summed E-state index contributed by atoms with van der Waals surface area (Å²) in [5.74, 6) is -1.73. The average Bonchev–Trinajstić information content (AvgIpc) is 2.32. The SMILES string of the molecule is CCOC(=O)c1n[nH]c2nc(Cl)c(F)cc2c1=O. The Hall–Kier alpha value is -2.02. The highest BCUT2D eigenvalue weighted by Gasteiger charge is 2.17. The second-order valence-corrected chi connectivity index (χ2v) is 3.64. The summed E-state index contributed by atoms with van der Waals surface area (Å²) in [5.41, 5.74) is -1.21. The second-order valence-electron chi connectivity index (χ2n) is 3.28. The first-order valence-corrected chi connectivity index (χ1v) is 5.34. The van der Waals surface area contributed by atoms with Crippen molar-refractivity contribution in [3.63, 3.8) is 0 Å². The maximum Gasteiger partial charge on any atom is 0.362 e. The number of aromatic amines is 1. The van der Waals surface area contributed by atoms with Gasteiger partial charge in [0.15, 0.2) is 16.6 Å². The predicted octanol–water partition coefficient (Wildman–Crippen LogP) is 1.29. The summed E-state index contributed by atoms with van der Waals surface area (Å²) in [7, 11) is 0. The number of nitrogens with zero attached hydrogens (tertiary/aromatic N) is 2. The summed E-state index contributed by atoms with van der Waals surface area (Å²) in [6.07, 6.45) is 0. The lowest BCUT2D eigenvalue weighted by atomic mass is 10.2. The Morgan fingerprint density at radius 2 is 2.33 bits per heavy atom. The Kier molecular flexibility index (Phi) is 3.24. The van der Waals surface area contributed by atoms with E-state index in [0.717, 1.165) is 6.07 Å². The molecule has 0 aliphatic carbocycles. The van der Waals surface area contributed by atoms with Crippen LogP contribution in [0.1, 0.15) is 17.4 Å². The number of aromatic nitrogens is 3. The Bertz CT molecular complexity index is 686. The molecule has 6 nitrogen and oxygen atoms in total. The van der Waals surface area contributed by atoms with Crippen LogP contribution in [0.3, 0.4) is 0 Å². The standard InChI is InChI=1S/C10H7ClFN3O3/c1-2-18-10(17)6-7(16)4-3-5(12)8(11)13-9(4)15-14-6/h3H,2H2,1H3,(H,13,15,16). The zero-order valence-corrected chi connectivity index (χ0v) is 9.92. The molecule has 0 atom stereocenters. The van der Waals surface area contributed by atoms with Gasteiger partial charge in [-0.2, -0.15) is 5.10 Å². The van der Waals surface area contributed by atoms with Crippen LogP contribution in [0.2, 0.25) is 5.15 Å². The minimum atomic E-state index is -0.879. The number of esters is 1. The minimum Gasteiger partial charge on any atom is -0.461 e. The summed E-state index contributed by atoms with van der Waals surface area (Å²) in [5, 5.41) is 5.39. The maximum absolute atomic E-state index is 13.2. The summed E-state index contributed by atoms with van der Waals surface area (Å²) in [6.45, 7) is 1.69. The van der Waals surface area contributed by atoms with E-state index < -0.39 is 22.9 Å². The fourth-order valence-corrected chi connectivity index (χ4v) is 1.49. The van der Waals surface area contributed by atoms with Gasteiger partial charge in [-0.05, 0) is 13.0 Å². The number of nitrogens with one attached hydrogen (secondary N) is 1. The molecular weight excluding hydrogens is 265 g/mol. The minimum absolute atomic E-state index is 0.000511. The van der Waals surface area contributed by atoms with Crippen molar-refractivity contribution in [3.05, 3.63) is 33.0 Å². The van der Waals surface area contributed by atoms with Gasteiger partial charge in [0.1, 0.15) is 0 Å². The molecule has 0 saturated heterocycles. The third kappa shape index (κ3) is 2.04. The number of pyridine rings is 1. The van der Waals surface area contributed by atoms with Gasteiger partial charge in [-0.1, -0.05) is 11.6 Å². The first kappa shape index (κ1) is 12.4. The first-order valence-electron chi connectivity index (χ1n) is 4.96. The summed E-state index contributed by atoms with van der Waals surface area (Å²) in [6, 6.07) is 0.897. The molecule has 94 valence electrons. The van der Waals surface area contributed by atoms with Gasteiger partial charge in [0.2, 0.25) is 11.1 Å². The van der Waals surface area contributed by atoms with E-state index in [4.69, 9.17) is 11.6 Å². The molecule has 18 heavy (non-hydrogen) atoms. The average molecular weight is 272 g/mol. The van der Waals surface area contributed by atoms with Gasteiger partial charge in [0.25, 0.3) is 0 Å². The van der Waals surface area contributed by atoms with Gasteiger partial charge < -0.3 is 4.74 Å². The van der Waals surface area contributed by atoms with E-state index in [2.05, 4.69) is 19.9 Å². The molecule has 0 aromatic carbocycles. The lowest BCUT2D eigenvalue weighted by Gasteiger charge is -2.02. The molecule has 1 N–H and O–H groups in total. The number of rotatable bonds is 2. The largest absolute Gasteiger partial charge is 0.461 e. The van der Waals surface area contributed by atoms with Crippen LogP contribution in [-0.4, -0.2) is 27.8 Å². The first-order chi connectivity index (χ1) is 8.54. The summed E-state index contributed by atoms with van der Waals surface area (Å²) in [4.78, 5) is 26.9. The van der Waals surface area contributed by atoms with Crippen LogP contribution in [0.15, 0.2) is 10.9 Å². The van der Waals surface area contributed by atoms with Crippen molar-refractivity contribution < 1.29 is 13.9 Å². The van der Waals surface area contributed by atoms with Crippen molar-refractivity contribution in [3.8, 4) is 0 Å². The fourth-order valence-electron chi connectivity index (χ4n) is 1.35. The monoisotopic (exact) mass is 271 g/mol. The predicted molar refractivity (Wildman–Crippen MR) is 61.1 cm³/mol. The third-order valence-electron chi connectivity index (χ3n) is 2.14. The Balaban J connectivity index is 2.68. The van der Waals surface area contributed by atoms with Gasteiger partial charge in [0.05, 0.1) is 12.0 Å². The maximum atomic E-state index is 13.2. The van der Waals surface area contributed by atoms with Crippen molar-refractivity contribution >= 4 is 28.6 Å². The van der Waals surface area contributed by atoms with Crippen LogP contribution in [0, 0.1) is 5.82 Å². The zero-order chi connectivity index (χ0) is 13.3. The van der Waals surface area contributed by atoms with Crippen LogP contribution in [0.4, 0.5) is 4.39 Å². The van der Waals surface area contributed by atoms with E-state index in [1.165, 1.54) is 0 Å². The third-order valence-corrected chi connectivity index (χ3v) is 2.40. The molecule has 2 rings (SSSR count). The number of H-pyrrole nitrogens is 1. The van der Waals surface area contributed by atoms with Crippen LogP contribution in [-0.2, 0) is 4.74 Å². The molecule has 0 fully saturated rings. The summed E-state index contributed by atoms with van der Waals surface area (Å²) < 4.78 is 17.9. The number of fused-ring (bicyclic) bond motifs is 1. The molecule has 8 heteroatoms. The topological polar surface area (TPSA) is 84.9 Å². The van der Waals surface area contributed by atoms with Crippen LogP contribution >= 0.6 is 11.6 Å². The number of ether oxygens (including phenoxy) is 1. The van der Waals surface area contributed by atoms with E-state index in [0.29, 0.717) is 0 Å². The van der Waals surface area contributed by atoms with Crippen molar-refractivity contribution in [1.29, 1.82) is 0 Å². The van der Waals surface area contributed by atoms with Gasteiger partial charge in [-0.15, -0.1) is 0 Å². The molecule has 0 spiro atoms. The van der Waals surface area contributed by atoms with Gasteiger partial charge in [-0.3, -0.25) is 9.89 Å². The Morgan fingerprint density at radius 3 is 3.00 bits per heavy atom. The lowest BCUT2D eigenvalue weighted by Crippen LogP contribution is -2.21. The number of halogens is 2. The number of hydrogen-bond acceptors (Lipinski definition) is 5. The summed E-state index contributed by atoms with van der Waals surface area (Å²) >= 11 is 5.46. The van der Waals surface area contributed by atoms with E-state index in [1.807, 2.05) is 0 Å². The molecule has 0 radical (unpaired) electrons. The highest BCUT2D eigenvalue weighted by molar-refractivity contribution is 6.29. The Labute approximate surface area is 105 Å². The molecule has 0 aliphatic heterocycles.